The summed E-state index contributed by atoms with van der Waals surface area (Å²) >= 11 is 0. The standard InChI is InChI=1S/C15H19NO2/c1-18-14-5-3-2-4-12(14)15(17)16-13-9-10-6-7-11(13)8-10/h2-5,10-11,13H,6-9H2,1H3,(H,16,17)/t10-,11+,13+/m0/s1. The summed E-state index contributed by atoms with van der Waals surface area (Å²) in [5.41, 5.74) is 0.641. The summed E-state index contributed by atoms with van der Waals surface area (Å²) in [6.07, 6.45) is 5.09. The third kappa shape index (κ3) is 1.98. The van der Waals surface area contributed by atoms with Gasteiger partial charge in [-0.3, -0.25) is 4.79 Å². The first-order valence-corrected chi connectivity index (χ1v) is 6.72. The number of hydrogen-bond acceptors (Lipinski definition) is 2. The zero-order valence-corrected chi connectivity index (χ0v) is 10.7. The molecular weight excluding hydrogens is 226 g/mol. The van der Waals surface area contributed by atoms with Crippen molar-refractivity contribution < 1.29 is 9.53 Å². The maximum absolute atomic E-state index is 12.3. The zero-order chi connectivity index (χ0) is 12.5. The minimum atomic E-state index is 0.00463. The van der Waals surface area contributed by atoms with E-state index in [4.69, 9.17) is 4.74 Å². The Balaban J connectivity index is 1.71. The fourth-order valence-corrected chi connectivity index (χ4v) is 3.50. The molecule has 2 aliphatic carbocycles. The van der Waals surface area contributed by atoms with Crippen molar-refractivity contribution in [1.29, 1.82) is 0 Å². The Kier molecular flexibility index (Phi) is 2.98. The van der Waals surface area contributed by atoms with Gasteiger partial charge < -0.3 is 10.1 Å². The third-order valence-corrected chi connectivity index (χ3v) is 4.41. The van der Waals surface area contributed by atoms with Crippen molar-refractivity contribution in [3.63, 3.8) is 0 Å². The summed E-state index contributed by atoms with van der Waals surface area (Å²) in [7, 11) is 1.60. The number of amides is 1. The summed E-state index contributed by atoms with van der Waals surface area (Å²) in [4.78, 5) is 12.3. The Morgan fingerprint density at radius 1 is 1.28 bits per heavy atom. The van der Waals surface area contributed by atoms with Crippen LogP contribution in [0.25, 0.3) is 0 Å². The second kappa shape index (κ2) is 4.63. The van der Waals surface area contributed by atoms with Crippen LogP contribution in [0.5, 0.6) is 5.75 Å². The van der Waals surface area contributed by atoms with Crippen molar-refractivity contribution in [3.05, 3.63) is 29.8 Å². The highest BCUT2D eigenvalue weighted by Crippen LogP contribution is 2.44. The van der Waals surface area contributed by atoms with Crippen LogP contribution < -0.4 is 10.1 Å². The number of nitrogens with one attached hydrogen (secondary N) is 1. The Morgan fingerprint density at radius 2 is 2.11 bits per heavy atom. The monoisotopic (exact) mass is 245 g/mol. The molecule has 0 aliphatic heterocycles. The lowest BCUT2D eigenvalue weighted by Crippen LogP contribution is -2.38. The molecule has 3 atom stereocenters. The zero-order valence-electron chi connectivity index (χ0n) is 10.7. The van der Waals surface area contributed by atoms with Crippen LogP contribution in [0.3, 0.4) is 0 Å². The summed E-state index contributed by atoms with van der Waals surface area (Å²) in [5, 5.41) is 3.18. The molecule has 0 heterocycles. The molecule has 2 aliphatic rings. The predicted molar refractivity (Wildman–Crippen MR) is 69.7 cm³/mol. The highest BCUT2D eigenvalue weighted by atomic mass is 16.5. The van der Waals surface area contributed by atoms with E-state index in [2.05, 4.69) is 5.32 Å². The number of carbonyl (C=O) groups excluding carboxylic acids is 1. The van der Waals surface area contributed by atoms with E-state index >= 15 is 0 Å². The van der Waals surface area contributed by atoms with E-state index in [9.17, 15) is 4.79 Å². The highest BCUT2D eigenvalue weighted by molar-refractivity contribution is 5.97. The van der Waals surface area contributed by atoms with Crippen LogP contribution in [0.15, 0.2) is 24.3 Å². The maximum Gasteiger partial charge on any atom is 0.255 e. The Bertz CT molecular complexity index is 458. The van der Waals surface area contributed by atoms with Gasteiger partial charge in [-0.2, -0.15) is 0 Å². The first-order valence-electron chi connectivity index (χ1n) is 6.72. The van der Waals surface area contributed by atoms with E-state index in [0.29, 0.717) is 23.3 Å². The van der Waals surface area contributed by atoms with E-state index in [1.807, 2.05) is 24.3 Å². The van der Waals surface area contributed by atoms with Crippen LogP contribution in [0.2, 0.25) is 0 Å². The van der Waals surface area contributed by atoms with Gasteiger partial charge in [-0.05, 0) is 43.2 Å². The minimum Gasteiger partial charge on any atom is -0.496 e. The molecule has 2 fully saturated rings. The van der Waals surface area contributed by atoms with Crippen LogP contribution in [-0.2, 0) is 0 Å². The number of rotatable bonds is 3. The lowest BCUT2D eigenvalue weighted by Gasteiger charge is -2.23. The number of para-hydroxylation sites is 1. The summed E-state index contributed by atoms with van der Waals surface area (Å²) in [5.74, 6) is 2.20. The van der Waals surface area contributed by atoms with Gasteiger partial charge in [-0.1, -0.05) is 18.6 Å². The van der Waals surface area contributed by atoms with Gasteiger partial charge in [0.05, 0.1) is 12.7 Å². The lowest BCUT2D eigenvalue weighted by atomic mass is 9.95. The van der Waals surface area contributed by atoms with Crippen LogP contribution >= 0.6 is 0 Å². The van der Waals surface area contributed by atoms with Crippen LogP contribution in [0, 0.1) is 11.8 Å². The molecule has 0 unspecified atom stereocenters. The molecule has 3 nitrogen and oxygen atoms in total. The quantitative estimate of drug-likeness (QED) is 0.889. The van der Waals surface area contributed by atoms with Gasteiger partial charge in [0.15, 0.2) is 0 Å². The second-order valence-corrected chi connectivity index (χ2v) is 5.46. The van der Waals surface area contributed by atoms with Crippen molar-refractivity contribution in [1.82, 2.24) is 5.32 Å². The molecular formula is C15H19NO2. The number of ether oxygens (including phenoxy) is 1. The Morgan fingerprint density at radius 3 is 2.78 bits per heavy atom. The van der Waals surface area contributed by atoms with Crippen molar-refractivity contribution >= 4 is 5.91 Å². The largest absolute Gasteiger partial charge is 0.496 e. The van der Waals surface area contributed by atoms with Gasteiger partial charge in [0.1, 0.15) is 5.75 Å². The van der Waals surface area contributed by atoms with E-state index in [1.54, 1.807) is 7.11 Å². The molecule has 96 valence electrons. The lowest BCUT2D eigenvalue weighted by molar-refractivity contribution is 0.0920. The van der Waals surface area contributed by atoms with Gasteiger partial charge in [0, 0.05) is 6.04 Å². The molecule has 18 heavy (non-hydrogen) atoms. The molecule has 0 spiro atoms. The molecule has 3 heteroatoms. The number of hydrogen-bond donors (Lipinski definition) is 1. The number of carbonyl (C=O) groups is 1. The average Bonchev–Trinajstić information content (AvgIpc) is 3.01. The van der Waals surface area contributed by atoms with E-state index in [-0.39, 0.29) is 5.91 Å². The topological polar surface area (TPSA) is 38.3 Å². The van der Waals surface area contributed by atoms with E-state index < -0.39 is 0 Å². The highest BCUT2D eigenvalue weighted by Gasteiger charge is 2.40. The van der Waals surface area contributed by atoms with Crippen molar-refractivity contribution in [2.75, 3.05) is 7.11 Å². The van der Waals surface area contributed by atoms with Crippen molar-refractivity contribution in [2.45, 2.75) is 31.7 Å². The van der Waals surface area contributed by atoms with E-state index in [1.165, 1.54) is 19.3 Å². The maximum atomic E-state index is 12.3. The molecule has 2 bridgehead atoms. The molecule has 1 N–H and O–H groups in total. The fraction of sp³-hybridized carbons (Fsp3) is 0.533. The fourth-order valence-electron chi connectivity index (χ4n) is 3.50. The Hall–Kier alpha value is -1.51. The molecule has 1 aromatic carbocycles. The molecule has 0 aromatic heterocycles. The molecule has 0 saturated heterocycles. The number of methoxy groups -OCH3 is 1. The third-order valence-electron chi connectivity index (χ3n) is 4.41. The SMILES string of the molecule is COc1ccccc1C(=O)N[C@@H]1C[C@H]2CC[C@@H]1C2. The van der Waals surface area contributed by atoms with Gasteiger partial charge >= 0.3 is 0 Å². The van der Waals surface area contributed by atoms with Gasteiger partial charge in [0.25, 0.3) is 5.91 Å². The van der Waals surface area contributed by atoms with E-state index in [0.717, 1.165) is 12.3 Å². The normalized spacial score (nSPS) is 29.3. The van der Waals surface area contributed by atoms with Gasteiger partial charge in [-0.25, -0.2) is 0 Å². The van der Waals surface area contributed by atoms with Gasteiger partial charge in [-0.15, -0.1) is 0 Å². The molecule has 1 aromatic rings. The van der Waals surface area contributed by atoms with Crippen molar-refractivity contribution in [3.8, 4) is 5.75 Å². The second-order valence-electron chi connectivity index (χ2n) is 5.46. The Labute approximate surface area is 108 Å². The molecule has 1 amide bonds. The minimum absolute atomic E-state index is 0.00463. The summed E-state index contributed by atoms with van der Waals surface area (Å²) in [6.45, 7) is 0. The number of benzene rings is 1. The van der Waals surface area contributed by atoms with Crippen LogP contribution in [0.1, 0.15) is 36.0 Å². The molecule has 3 rings (SSSR count). The van der Waals surface area contributed by atoms with Crippen LogP contribution in [0.4, 0.5) is 0 Å². The van der Waals surface area contributed by atoms with Gasteiger partial charge in [0.2, 0.25) is 0 Å². The predicted octanol–water partition coefficient (Wildman–Crippen LogP) is 2.61. The number of fused-ring (bicyclic) bond motifs is 2. The van der Waals surface area contributed by atoms with Crippen molar-refractivity contribution in [2.24, 2.45) is 11.8 Å². The summed E-state index contributed by atoms with van der Waals surface area (Å²) in [6, 6.07) is 7.78. The first kappa shape index (κ1) is 11.6. The smallest absolute Gasteiger partial charge is 0.255 e. The van der Waals surface area contributed by atoms with Crippen LogP contribution in [-0.4, -0.2) is 19.1 Å². The molecule has 2 saturated carbocycles. The molecule has 0 radical (unpaired) electrons. The average molecular weight is 245 g/mol. The summed E-state index contributed by atoms with van der Waals surface area (Å²) < 4.78 is 5.23. The first-order chi connectivity index (χ1) is 8.78.